The summed E-state index contributed by atoms with van der Waals surface area (Å²) in [6, 6.07) is 4.27. The molecule has 0 aliphatic carbocycles. The highest BCUT2D eigenvalue weighted by Crippen LogP contribution is 2.32. The lowest BCUT2D eigenvalue weighted by Gasteiger charge is -2.03. The lowest BCUT2D eigenvalue weighted by Crippen LogP contribution is -1.91. The molecule has 0 unspecified atom stereocenters. The van der Waals surface area contributed by atoms with Gasteiger partial charge in [0.05, 0.1) is 5.69 Å². The number of anilines is 1. The number of nitrogen functional groups attached to an aromatic ring is 1. The van der Waals surface area contributed by atoms with Crippen LogP contribution in [-0.4, -0.2) is 0 Å². The van der Waals surface area contributed by atoms with Crippen LogP contribution in [0.5, 0.6) is 0 Å². The van der Waals surface area contributed by atoms with Gasteiger partial charge in [-0.25, -0.2) is 0 Å². The van der Waals surface area contributed by atoms with Crippen molar-refractivity contribution in [2.75, 3.05) is 5.73 Å². The summed E-state index contributed by atoms with van der Waals surface area (Å²) in [4.78, 5) is 0. The Hall–Kier alpha value is -0.290. The third-order valence-corrected chi connectivity index (χ3v) is 4.21. The Morgan fingerprint density at radius 1 is 1.50 bits per heavy atom. The molecule has 0 amide bonds. The van der Waals surface area contributed by atoms with E-state index in [9.17, 15) is 0 Å². The van der Waals surface area contributed by atoms with Crippen molar-refractivity contribution < 1.29 is 0 Å². The summed E-state index contributed by atoms with van der Waals surface area (Å²) in [5, 5.41) is 3.27. The van der Waals surface area contributed by atoms with E-state index in [-0.39, 0.29) is 0 Å². The van der Waals surface area contributed by atoms with Gasteiger partial charge < -0.3 is 5.73 Å². The number of rotatable bonds is 0. The Morgan fingerprint density at radius 3 is 3.00 bits per heavy atom. The lowest BCUT2D eigenvalue weighted by molar-refractivity contribution is 1.47. The molecule has 3 heteroatoms. The van der Waals surface area contributed by atoms with Gasteiger partial charge in [-0.05, 0) is 52.6 Å². The van der Waals surface area contributed by atoms with Crippen molar-refractivity contribution >= 4 is 49.7 Å². The van der Waals surface area contributed by atoms with Crippen LogP contribution in [0.15, 0.2) is 17.5 Å². The highest BCUT2D eigenvalue weighted by Gasteiger charge is 2.05. The van der Waals surface area contributed by atoms with Gasteiger partial charge in [0.15, 0.2) is 0 Å². The minimum Gasteiger partial charge on any atom is -0.397 e. The molecule has 12 heavy (non-hydrogen) atoms. The molecular formula is C9H8INS. The second kappa shape index (κ2) is 2.88. The molecule has 0 radical (unpaired) electrons. The molecule has 0 aliphatic heterocycles. The second-order valence-corrected chi connectivity index (χ2v) is 4.78. The minimum atomic E-state index is 0.923. The number of aryl methyl sites for hydroxylation is 1. The summed E-state index contributed by atoms with van der Waals surface area (Å²) in [6.45, 7) is 2.09. The Labute approximate surface area is 88.7 Å². The van der Waals surface area contributed by atoms with E-state index in [1.807, 2.05) is 0 Å². The third-order valence-electron chi connectivity index (χ3n) is 1.92. The van der Waals surface area contributed by atoms with Gasteiger partial charge in [0.2, 0.25) is 0 Å². The minimum absolute atomic E-state index is 0.923. The van der Waals surface area contributed by atoms with Crippen molar-refractivity contribution in [3.63, 3.8) is 0 Å². The van der Waals surface area contributed by atoms with Gasteiger partial charge in [-0.2, -0.15) is 0 Å². The molecule has 62 valence electrons. The van der Waals surface area contributed by atoms with E-state index >= 15 is 0 Å². The van der Waals surface area contributed by atoms with Crippen LogP contribution in [0.4, 0.5) is 5.69 Å². The van der Waals surface area contributed by atoms with Crippen LogP contribution < -0.4 is 5.73 Å². The molecule has 1 heterocycles. The number of fused-ring (bicyclic) bond motifs is 1. The molecule has 2 N–H and O–H groups in total. The SMILES string of the molecule is Cc1cc2sccc2c(N)c1I. The zero-order valence-corrected chi connectivity index (χ0v) is 9.57. The first-order valence-corrected chi connectivity index (χ1v) is 5.58. The standard InChI is InChI=1S/C9H8INS/c1-5-4-7-6(2-3-12-7)9(11)8(5)10/h2-4H,11H2,1H3. The van der Waals surface area contributed by atoms with E-state index in [4.69, 9.17) is 5.73 Å². The maximum absolute atomic E-state index is 5.96. The number of halogens is 1. The van der Waals surface area contributed by atoms with Crippen molar-refractivity contribution in [3.8, 4) is 0 Å². The number of hydrogen-bond acceptors (Lipinski definition) is 2. The zero-order chi connectivity index (χ0) is 8.72. The van der Waals surface area contributed by atoms with Crippen LogP contribution in [0.3, 0.4) is 0 Å². The molecule has 0 saturated carbocycles. The van der Waals surface area contributed by atoms with E-state index in [1.165, 1.54) is 19.2 Å². The zero-order valence-electron chi connectivity index (χ0n) is 6.60. The van der Waals surface area contributed by atoms with Crippen molar-refractivity contribution in [1.29, 1.82) is 0 Å². The van der Waals surface area contributed by atoms with Crippen LogP contribution in [0.2, 0.25) is 0 Å². The van der Waals surface area contributed by atoms with Crippen molar-refractivity contribution in [2.24, 2.45) is 0 Å². The summed E-state index contributed by atoms with van der Waals surface area (Å²) in [7, 11) is 0. The number of nitrogens with two attached hydrogens (primary N) is 1. The predicted molar refractivity (Wildman–Crippen MR) is 63.7 cm³/mol. The number of benzene rings is 1. The molecule has 1 nitrogen and oxygen atoms in total. The summed E-state index contributed by atoms with van der Waals surface area (Å²) in [5.74, 6) is 0. The largest absolute Gasteiger partial charge is 0.397 e. The molecule has 0 atom stereocenters. The second-order valence-electron chi connectivity index (χ2n) is 2.75. The first kappa shape index (κ1) is 8.31. The van der Waals surface area contributed by atoms with Gasteiger partial charge in [0, 0.05) is 13.7 Å². The Bertz CT molecular complexity index is 433. The molecule has 1 aromatic carbocycles. The maximum atomic E-state index is 5.96. The van der Waals surface area contributed by atoms with Crippen LogP contribution in [0.1, 0.15) is 5.56 Å². The quantitative estimate of drug-likeness (QED) is 0.584. The summed E-state index contributed by atoms with van der Waals surface area (Å²) in [5.41, 5.74) is 8.15. The number of hydrogen-bond donors (Lipinski definition) is 1. The van der Waals surface area contributed by atoms with Gasteiger partial charge in [-0.1, -0.05) is 0 Å². The Morgan fingerprint density at radius 2 is 2.25 bits per heavy atom. The fourth-order valence-electron chi connectivity index (χ4n) is 1.25. The normalized spacial score (nSPS) is 10.8. The molecule has 0 saturated heterocycles. The fourth-order valence-corrected chi connectivity index (χ4v) is 2.59. The van der Waals surface area contributed by atoms with E-state index in [1.54, 1.807) is 11.3 Å². The van der Waals surface area contributed by atoms with Crippen molar-refractivity contribution in [3.05, 3.63) is 26.6 Å². The molecular weight excluding hydrogens is 281 g/mol. The maximum Gasteiger partial charge on any atom is 0.0540 e. The highest BCUT2D eigenvalue weighted by atomic mass is 127. The number of thiophene rings is 1. The van der Waals surface area contributed by atoms with Gasteiger partial charge in [0.1, 0.15) is 0 Å². The van der Waals surface area contributed by atoms with E-state index in [0.29, 0.717) is 0 Å². The molecule has 0 bridgehead atoms. The summed E-state index contributed by atoms with van der Waals surface area (Å²) >= 11 is 4.04. The third kappa shape index (κ3) is 1.11. The van der Waals surface area contributed by atoms with E-state index in [0.717, 1.165) is 5.69 Å². The van der Waals surface area contributed by atoms with E-state index < -0.39 is 0 Å². The van der Waals surface area contributed by atoms with Crippen molar-refractivity contribution in [2.45, 2.75) is 6.92 Å². The van der Waals surface area contributed by atoms with Gasteiger partial charge >= 0.3 is 0 Å². The van der Waals surface area contributed by atoms with Gasteiger partial charge in [0.25, 0.3) is 0 Å². The molecule has 2 aromatic rings. The summed E-state index contributed by atoms with van der Waals surface area (Å²) in [6.07, 6.45) is 0. The molecule has 2 rings (SSSR count). The first-order valence-electron chi connectivity index (χ1n) is 3.62. The average molecular weight is 289 g/mol. The smallest absolute Gasteiger partial charge is 0.0540 e. The Kier molecular flexibility index (Phi) is 2.00. The van der Waals surface area contributed by atoms with Crippen LogP contribution in [0, 0.1) is 10.5 Å². The Balaban J connectivity index is 2.94. The monoisotopic (exact) mass is 289 g/mol. The van der Waals surface area contributed by atoms with Gasteiger partial charge in [-0.15, -0.1) is 11.3 Å². The molecule has 0 aliphatic rings. The first-order chi connectivity index (χ1) is 5.70. The lowest BCUT2D eigenvalue weighted by atomic mass is 10.1. The van der Waals surface area contributed by atoms with Crippen LogP contribution in [-0.2, 0) is 0 Å². The van der Waals surface area contributed by atoms with Crippen LogP contribution >= 0.6 is 33.9 Å². The topological polar surface area (TPSA) is 26.0 Å². The molecule has 0 fully saturated rings. The fraction of sp³-hybridized carbons (Fsp3) is 0.111. The highest BCUT2D eigenvalue weighted by molar-refractivity contribution is 14.1. The van der Waals surface area contributed by atoms with Crippen LogP contribution in [0.25, 0.3) is 10.1 Å². The van der Waals surface area contributed by atoms with Crippen molar-refractivity contribution in [1.82, 2.24) is 0 Å². The van der Waals surface area contributed by atoms with E-state index in [2.05, 4.69) is 47.0 Å². The summed E-state index contributed by atoms with van der Waals surface area (Å²) < 4.78 is 2.46. The molecule has 1 aromatic heterocycles. The average Bonchev–Trinajstić information content (AvgIpc) is 2.48. The predicted octanol–water partition coefficient (Wildman–Crippen LogP) is 3.40. The molecule has 0 spiro atoms. The van der Waals surface area contributed by atoms with Gasteiger partial charge in [-0.3, -0.25) is 0 Å².